The van der Waals surface area contributed by atoms with E-state index in [1.54, 1.807) is 19.1 Å². The van der Waals surface area contributed by atoms with Gasteiger partial charge in [0.15, 0.2) is 0 Å². The second-order valence-electron chi connectivity index (χ2n) is 4.89. The maximum atomic E-state index is 11.8. The molecule has 2 N–H and O–H groups in total. The van der Waals surface area contributed by atoms with E-state index in [4.69, 9.17) is 9.84 Å². The summed E-state index contributed by atoms with van der Waals surface area (Å²) in [5, 5.41) is 11.2. The molecule has 1 aromatic rings. The number of carboxylic acid groups (broad SMARTS) is 1. The summed E-state index contributed by atoms with van der Waals surface area (Å²) < 4.78 is 5.20. The Labute approximate surface area is 124 Å². The zero-order valence-electron chi connectivity index (χ0n) is 12.7. The maximum absolute atomic E-state index is 11.8. The van der Waals surface area contributed by atoms with Gasteiger partial charge >= 0.3 is 12.0 Å². The minimum atomic E-state index is -0.855. The SMILES string of the molecule is COc1ccc(CN(C)C(=O)NCCCC(=O)O)cc1C. The molecule has 0 unspecified atom stereocenters. The van der Waals surface area contributed by atoms with Crippen LogP contribution in [0.2, 0.25) is 0 Å². The van der Waals surface area contributed by atoms with Crippen LogP contribution in [-0.4, -0.2) is 42.7 Å². The van der Waals surface area contributed by atoms with Crippen LogP contribution in [0.25, 0.3) is 0 Å². The van der Waals surface area contributed by atoms with Crippen molar-refractivity contribution >= 4 is 12.0 Å². The highest BCUT2D eigenvalue weighted by atomic mass is 16.5. The lowest BCUT2D eigenvalue weighted by molar-refractivity contribution is -0.137. The molecule has 0 radical (unpaired) electrons. The summed E-state index contributed by atoms with van der Waals surface area (Å²) in [5.74, 6) is -0.0363. The molecule has 0 atom stereocenters. The van der Waals surface area contributed by atoms with Gasteiger partial charge in [0, 0.05) is 26.6 Å². The molecule has 116 valence electrons. The molecule has 0 saturated heterocycles. The molecule has 0 aliphatic carbocycles. The van der Waals surface area contributed by atoms with Gasteiger partial charge in [0.1, 0.15) is 5.75 Å². The number of nitrogens with zero attached hydrogens (tertiary/aromatic N) is 1. The lowest BCUT2D eigenvalue weighted by atomic mass is 10.1. The third kappa shape index (κ3) is 5.72. The van der Waals surface area contributed by atoms with Gasteiger partial charge in [-0.1, -0.05) is 12.1 Å². The lowest BCUT2D eigenvalue weighted by Crippen LogP contribution is -2.37. The Morgan fingerprint density at radius 2 is 2.10 bits per heavy atom. The molecule has 0 bridgehead atoms. The van der Waals surface area contributed by atoms with Crippen LogP contribution in [0, 0.1) is 6.92 Å². The molecule has 1 rings (SSSR count). The summed E-state index contributed by atoms with van der Waals surface area (Å²) in [6.07, 6.45) is 0.484. The van der Waals surface area contributed by atoms with Gasteiger partial charge in [0.25, 0.3) is 0 Å². The Morgan fingerprint density at radius 1 is 1.38 bits per heavy atom. The van der Waals surface area contributed by atoms with Gasteiger partial charge in [0.2, 0.25) is 0 Å². The van der Waals surface area contributed by atoms with E-state index in [1.165, 1.54) is 0 Å². The zero-order valence-corrected chi connectivity index (χ0v) is 12.7. The van der Waals surface area contributed by atoms with Gasteiger partial charge in [-0.05, 0) is 30.5 Å². The van der Waals surface area contributed by atoms with Crippen molar-refractivity contribution in [1.82, 2.24) is 10.2 Å². The van der Waals surface area contributed by atoms with E-state index in [0.717, 1.165) is 16.9 Å². The van der Waals surface area contributed by atoms with Gasteiger partial charge in [-0.15, -0.1) is 0 Å². The lowest BCUT2D eigenvalue weighted by Gasteiger charge is -2.18. The van der Waals surface area contributed by atoms with Gasteiger partial charge in [0.05, 0.1) is 7.11 Å². The van der Waals surface area contributed by atoms with Crippen LogP contribution in [0.5, 0.6) is 5.75 Å². The Morgan fingerprint density at radius 3 is 2.67 bits per heavy atom. The minimum absolute atomic E-state index is 0.0572. The standard InChI is InChI=1S/C15H22N2O4/c1-11-9-12(6-7-13(11)21-3)10-17(2)15(20)16-8-4-5-14(18)19/h6-7,9H,4-5,8,10H2,1-3H3,(H,16,20)(H,18,19). The zero-order chi connectivity index (χ0) is 15.8. The largest absolute Gasteiger partial charge is 0.496 e. The van der Waals surface area contributed by atoms with Crippen molar-refractivity contribution in [2.45, 2.75) is 26.3 Å². The first-order valence-corrected chi connectivity index (χ1v) is 6.78. The number of aliphatic carboxylic acids is 1. The number of carbonyl (C=O) groups is 2. The molecular formula is C15H22N2O4. The number of carboxylic acids is 1. The molecule has 0 heterocycles. The van der Waals surface area contributed by atoms with Crippen LogP contribution in [-0.2, 0) is 11.3 Å². The number of nitrogens with one attached hydrogen (secondary N) is 1. The first-order chi connectivity index (χ1) is 9.93. The fourth-order valence-electron chi connectivity index (χ4n) is 1.95. The maximum Gasteiger partial charge on any atom is 0.317 e. The number of hydrogen-bond acceptors (Lipinski definition) is 3. The number of hydrogen-bond donors (Lipinski definition) is 2. The number of urea groups is 1. The van der Waals surface area contributed by atoms with Gasteiger partial charge < -0.3 is 20.1 Å². The highest BCUT2D eigenvalue weighted by Gasteiger charge is 2.09. The molecule has 6 nitrogen and oxygen atoms in total. The van der Waals surface area contributed by atoms with Crippen LogP contribution in [0.15, 0.2) is 18.2 Å². The fraction of sp³-hybridized carbons (Fsp3) is 0.467. The van der Waals surface area contributed by atoms with Crippen molar-refractivity contribution in [2.75, 3.05) is 20.7 Å². The minimum Gasteiger partial charge on any atom is -0.496 e. The third-order valence-corrected chi connectivity index (χ3v) is 3.07. The average Bonchev–Trinajstić information content (AvgIpc) is 2.43. The highest BCUT2D eigenvalue weighted by Crippen LogP contribution is 2.19. The molecule has 0 spiro atoms. The average molecular weight is 294 g/mol. The summed E-state index contributed by atoms with van der Waals surface area (Å²) >= 11 is 0. The Kier molecular flexibility index (Phi) is 6.52. The quantitative estimate of drug-likeness (QED) is 0.754. The van der Waals surface area contributed by atoms with E-state index < -0.39 is 5.97 Å². The monoisotopic (exact) mass is 294 g/mol. The van der Waals surface area contributed by atoms with Gasteiger partial charge in [-0.3, -0.25) is 4.79 Å². The number of aryl methyl sites for hydroxylation is 1. The molecule has 1 aromatic carbocycles. The molecule has 0 saturated carbocycles. The van der Waals surface area contributed by atoms with E-state index in [2.05, 4.69) is 5.32 Å². The van der Waals surface area contributed by atoms with Gasteiger partial charge in [-0.25, -0.2) is 4.79 Å². The van der Waals surface area contributed by atoms with E-state index in [9.17, 15) is 9.59 Å². The number of carbonyl (C=O) groups excluding carboxylic acids is 1. The number of benzene rings is 1. The van der Waals surface area contributed by atoms with Gasteiger partial charge in [-0.2, -0.15) is 0 Å². The first-order valence-electron chi connectivity index (χ1n) is 6.78. The van der Waals surface area contributed by atoms with E-state index >= 15 is 0 Å². The summed E-state index contributed by atoms with van der Waals surface area (Å²) in [6, 6.07) is 5.56. The second-order valence-corrected chi connectivity index (χ2v) is 4.89. The van der Waals surface area contributed by atoms with Crippen LogP contribution < -0.4 is 10.1 Å². The van der Waals surface area contributed by atoms with E-state index in [0.29, 0.717) is 19.5 Å². The number of methoxy groups -OCH3 is 1. The second kappa shape index (κ2) is 8.14. The Balaban J connectivity index is 2.44. The molecule has 0 aliphatic rings. The van der Waals surface area contributed by atoms with Crippen molar-refractivity contribution < 1.29 is 19.4 Å². The fourth-order valence-corrected chi connectivity index (χ4v) is 1.95. The summed E-state index contributed by atoms with van der Waals surface area (Å²) in [7, 11) is 3.32. The van der Waals surface area contributed by atoms with Crippen LogP contribution in [0.3, 0.4) is 0 Å². The summed E-state index contributed by atoms with van der Waals surface area (Å²) in [5.41, 5.74) is 2.03. The molecule has 2 amide bonds. The molecule has 21 heavy (non-hydrogen) atoms. The van der Waals surface area contributed by atoms with Crippen molar-refractivity contribution in [3.05, 3.63) is 29.3 Å². The van der Waals surface area contributed by atoms with Crippen molar-refractivity contribution in [3.8, 4) is 5.75 Å². The Hall–Kier alpha value is -2.24. The smallest absolute Gasteiger partial charge is 0.317 e. The van der Waals surface area contributed by atoms with Crippen molar-refractivity contribution in [2.24, 2.45) is 0 Å². The van der Waals surface area contributed by atoms with Crippen molar-refractivity contribution in [1.29, 1.82) is 0 Å². The van der Waals surface area contributed by atoms with E-state index in [1.807, 2.05) is 25.1 Å². The highest BCUT2D eigenvalue weighted by molar-refractivity contribution is 5.74. The van der Waals surface area contributed by atoms with Crippen LogP contribution in [0.4, 0.5) is 4.79 Å². The number of amides is 2. The molecule has 0 aliphatic heterocycles. The molecule has 0 aromatic heterocycles. The number of rotatable bonds is 7. The van der Waals surface area contributed by atoms with E-state index in [-0.39, 0.29) is 12.5 Å². The van der Waals surface area contributed by atoms with Crippen molar-refractivity contribution in [3.63, 3.8) is 0 Å². The third-order valence-electron chi connectivity index (χ3n) is 3.07. The molecule has 0 fully saturated rings. The predicted molar refractivity (Wildman–Crippen MR) is 79.5 cm³/mol. The first kappa shape index (κ1) is 16.8. The number of ether oxygens (including phenoxy) is 1. The topological polar surface area (TPSA) is 78.9 Å². The Bertz CT molecular complexity index is 502. The van der Waals surface area contributed by atoms with Crippen LogP contribution in [0.1, 0.15) is 24.0 Å². The van der Waals surface area contributed by atoms with Crippen LogP contribution >= 0.6 is 0 Å². The predicted octanol–water partition coefficient (Wildman–Crippen LogP) is 2.01. The normalized spacial score (nSPS) is 10.0. The molecule has 6 heteroatoms. The summed E-state index contributed by atoms with van der Waals surface area (Å²) in [6.45, 7) is 2.79. The summed E-state index contributed by atoms with van der Waals surface area (Å²) in [4.78, 5) is 23.8. The molecular weight excluding hydrogens is 272 g/mol.